The minimum absolute atomic E-state index is 0.258. The van der Waals surface area contributed by atoms with Gasteiger partial charge in [-0.25, -0.2) is 9.97 Å². The summed E-state index contributed by atoms with van der Waals surface area (Å²) in [6.45, 7) is 4.52. The van der Waals surface area contributed by atoms with E-state index >= 15 is 0 Å². The van der Waals surface area contributed by atoms with Gasteiger partial charge >= 0.3 is 0 Å². The summed E-state index contributed by atoms with van der Waals surface area (Å²) in [5, 5.41) is 6.11. The van der Waals surface area contributed by atoms with Crippen molar-refractivity contribution in [3.05, 3.63) is 77.5 Å². The lowest BCUT2D eigenvalue weighted by molar-refractivity contribution is 0.102. The molecule has 0 unspecified atom stereocenters. The van der Waals surface area contributed by atoms with Crippen LogP contribution in [-0.2, 0) is 6.54 Å². The number of carbonyl (C=O) groups excluding carboxylic acids is 1. The third-order valence-corrected chi connectivity index (χ3v) is 3.84. The molecule has 0 aliphatic rings. The number of carbonyl (C=O) groups is 1. The molecule has 0 aliphatic heterocycles. The summed E-state index contributed by atoms with van der Waals surface area (Å²) >= 11 is 0. The highest BCUT2D eigenvalue weighted by molar-refractivity contribution is 6.04. The van der Waals surface area contributed by atoms with Crippen LogP contribution < -0.4 is 10.6 Å². The standard InChI is InChI=1S/C19H19N5O/c1-13-4-3-5-14(2)18(13)24-19(25)16-10-17(23-12-22-16)21-11-15-6-8-20-9-7-15/h3-10,12H,11H2,1-2H3,(H,24,25)(H,21,22,23). The fourth-order valence-electron chi connectivity index (χ4n) is 2.46. The number of rotatable bonds is 5. The Morgan fingerprint density at radius 2 is 1.76 bits per heavy atom. The smallest absolute Gasteiger partial charge is 0.274 e. The Balaban J connectivity index is 1.71. The molecular formula is C19H19N5O. The number of para-hydroxylation sites is 1. The summed E-state index contributed by atoms with van der Waals surface area (Å²) < 4.78 is 0. The Hall–Kier alpha value is -3.28. The van der Waals surface area contributed by atoms with E-state index in [0.717, 1.165) is 22.4 Å². The van der Waals surface area contributed by atoms with Gasteiger partial charge in [0.05, 0.1) is 0 Å². The highest BCUT2D eigenvalue weighted by Gasteiger charge is 2.12. The summed E-state index contributed by atoms with van der Waals surface area (Å²) in [4.78, 5) is 24.7. The number of benzene rings is 1. The van der Waals surface area contributed by atoms with E-state index in [9.17, 15) is 4.79 Å². The predicted molar refractivity (Wildman–Crippen MR) is 97.5 cm³/mol. The summed E-state index contributed by atoms with van der Waals surface area (Å²) in [7, 11) is 0. The van der Waals surface area contributed by atoms with Gasteiger partial charge in [-0.05, 0) is 42.7 Å². The first-order valence-electron chi connectivity index (χ1n) is 7.96. The van der Waals surface area contributed by atoms with Crippen molar-refractivity contribution in [2.75, 3.05) is 10.6 Å². The minimum atomic E-state index is -0.258. The van der Waals surface area contributed by atoms with Crippen molar-refractivity contribution >= 4 is 17.4 Å². The summed E-state index contributed by atoms with van der Waals surface area (Å²) in [5.74, 6) is 0.338. The number of nitrogens with one attached hydrogen (secondary N) is 2. The van der Waals surface area contributed by atoms with Crippen LogP contribution in [0, 0.1) is 13.8 Å². The average Bonchev–Trinajstić information content (AvgIpc) is 2.64. The van der Waals surface area contributed by atoms with Crippen LogP contribution in [0.5, 0.6) is 0 Å². The van der Waals surface area contributed by atoms with Crippen LogP contribution in [0.3, 0.4) is 0 Å². The van der Waals surface area contributed by atoms with Crippen molar-refractivity contribution in [1.82, 2.24) is 15.0 Å². The SMILES string of the molecule is Cc1cccc(C)c1NC(=O)c1cc(NCc2ccncc2)ncn1. The maximum absolute atomic E-state index is 12.5. The van der Waals surface area contributed by atoms with E-state index in [0.29, 0.717) is 18.1 Å². The van der Waals surface area contributed by atoms with Gasteiger partial charge in [-0.3, -0.25) is 9.78 Å². The summed E-state index contributed by atoms with van der Waals surface area (Å²) in [6, 6.07) is 11.4. The van der Waals surface area contributed by atoms with E-state index in [1.54, 1.807) is 18.5 Å². The van der Waals surface area contributed by atoms with E-state index in [1.165, 1.54) is 6.33 Å². The maximum Gasteiger partial charge on any atom is 0.274 e. The van der Waals surface area contributed by atoms with Crippen molar-refractivity contribution in [3.8, 4) is 0 Å². The van der Waals surface area contributed by atoms with Gasteiger partial charge in [0.25, 0.3) is 5.91 Å². The molecule has 0 saturated carbocycles. The normalized spacial score (nSPS) is 10.3. The van der Waals surface area contributed by atoms with Crippen LogP contribution in [0.25, 0.3) is 0 Å². The van der Waals surface area contributed by atoms with Crippen LogP contribution in [0.15, 0.2) is 55.1 Å². The zero-order valence-electron chi connectivity index (χ0n) is 14.2. The summed E-state index contributed by atoms with van der Waals surface area (Å²) in [5.41, 5.74) is 4.24. The van der Waals surface area contributed by atoms with Gasteiger partial charge in [0.2, 0.25) is 0 Å². The molecule has 0 spiro atoms. The molecule has 0 fully saturated rings. The van der Waals surface area contributed by atoms with E-state index in [2.05, 4.69) is 25.6 Å². The van der Waals surface area contributed by atoms with Crippen molar-refractivity contribution in [2.24, 2.45) is 0 Å². The average molecular weight is 333 g/mol. The van der Waals surface area contributed by atoms with Crippen molar-refractivity contribution in [2.45, 2.75) is 20.4 Å². The molecule has 3 rings (SSSR count). The zero-order chi connectivity index (χ0) is 17.6. The minimum Gasteiger partial charge on any atom is -0.366 e. The van der Waals surface area contributed by atoms with Gasteiger partial charge in [-0.1, -0.05) is 18.2 Å². The molecule has 0 atom stereocenters. The molecule has 3 aromatic rings. The quantitative estimate of drug-likeness (QED) is 0.748. The third kappa shape index (κ3) is 4.17. The van der Waals surface area contributed by atoms with E-state index < -0.39 is 0 Å². The third-order valence-electron chi connectivity index (χ3n) is 3.84. The van der Waals surface area contributed by atoms with Crippen molar-refractivity contribution < 1.29 is 4.79 Å². The van der Waals surface area contributed by atoms with Gasteiger partial charge in [0.1, 0.15) is 17.8 Å². The number of aromatic nitrogens is 3. The van der Waals surface area contributed by atoms with Crippen LogP contribution in [0.1, 0.15) is 27.2 Å². The van der Waals surface area contributed by atoms with Crippen molar-refractivity contribution in [3.63, 3.8) is 0 Å². The number of amides is 1. The lowest BCUT2D eigenvalue weighted by atomic mass is 10.1. The van der Waals surface area contributed by atoms with Crippen LogP contribution >= 0.6 is 0 Å². The second-order valence-corrected chi connectivity index (χ2v) is 5.72. The Morgan fingerprint density at radius 1 is 1.04 bits per heavy atom. The molecular weight excluding hydrogens is 314 g/mol. The first-order chi connectivity index (χ1) is 12.1. The molecule has 2 N–H and O–H groups in total. The molecule has 1 aromatic carbocycles. The molecule has 6 nitrogen and oxygen atoms in total. The summed E-state index contributed by atoms with van der Waals surface area (Å²) in [6.07, 6.45) is 4.86. The maximum atomic E-state index is 12.5. The number of aryl methyl sites for hydroxylation is 2. The first kappa shape index (κ1) is 16.6. The highest BCUT2D eigenvalue weighted by atomic mass is 16.1. The van der Waals surface area contributed by atoms with Crippen molar-refractivity contribution in [1.29, 1.82) is 0 Å². The van der Waals surface area contributed by atoms with E-state index in [-0.39, 0.29) is 5.91 Å². The number of hydrogen-bond acceptors (Lipinski definition) is 5. The zero-order valence-corrected chi connectivity index (χ0v) is 14.2. The molecule has 0 aliphatic carbocycles. The van der Waals surface area contributed by atoms with E-state index in [1.807, 2.05) is 44.2 Å². The van der Waals surface area contributed by atoms with Gasteiger partial charge in [-0.2, -0.15) is 0 Å². The second-order valence-electron chi connectivity index (χ2n) is 5.72. The Bertz CT molecular complexity index is 860. The Morgan fingerprint density at radius 3 is 2.48 bits per heavy atom. The van der Waals surface area contributed by atoms with Crippen LogP contribution in [-0.4, -0.2) is 20.9 Å². The lowest BCUT2D eigenvalue weighted by Crippen LogP contribution is -2.16. The number of anilines is 2. The largest absolute Gasteiger partial charge is 0.366 e. The number of hydrogen-bond donors (Lipinski definition) is 2. The van der Waals surface area contributed by atoms with Gasteiger partial charge in [0.15, 0.2) is 0 Å². The van der Waals surface area contributed by atoms with Crippen LogP contribution in [0.2, 0.25) is 0 Å². The van der Waals surface area contributed by atoms with Crippen LogP contribution in [0.4, 0.5) is 11.5 Å². The molecule has 25 heavy (non-hydrogen) atoms. The highest BCUT2D eigenvalue weighted by Crippen LogP contribution is 2.20. The second kappa shape index (κ2) is 7.53. The number of pyridine rings is 1. The fourth-order valence-corrected chi connectivity index (χ4v) is 2.46. The number of nitrogens with zero attached hydrogens (tertiary/aromatic N) is 3. The molecule has 2 aromatic heterocycles. The molecule has 6 heteroatoms. The molecule has 0 radical (unpaired) electrons. The predicted octanol–water partition coefficient (Wildman–Crippen LogP) is 3.35. The fraction of sp³-hybridized carbons (Fsp3) is 0.158. The Kier molecular flexibility index (Phi) is 4.99. The molecule has 1 amide bonds. The topological polar surface area (TPSA) is 79.8 Å². The molecule has 0 bridgehead atoms. The lowest BCUT2D eigenvalue weighted by Gasteiger charge is -2.11. The monoisotopic (exact) mass is 333 g/mol. The Labute approximate surface area is 146 Å². The molecule has 0 saturated heterocycles. The van der Waals surface area contributed by atoms with Gasteiger partial charge in [-0.15, -0.1) is 0 Å². The molecule has 2 heterocycles. The van der Waals surface area contributed by atoms with Gasteiger partial charge in [0, 0.05) is 30.7 Å². The molecule has 126 valence electrons. The van der Waals surface area contributed by atoms with Gasteiger partial charge < -0.3 is 10.6 Å². The first-order valence-corrected chi connectivity index (χ1v) is 7.96. The van der Waals surface area contributed by atoms with E-state index in [4.69, 9.17) is 0 Å².